The molecule has 0 aromatic rings. The van der Waals surface area contributed by atoms with Crippen LogP contribution in [0.1, 0.15) is 104 Å². The number of carbonyl (C=O) groups excluding carboxylic acids is 2. The fraction of sp³-hybridized carbons (Fsp3) is 0.929. The molecular weight excluding hydrogens is 398 g/mol. The molecule has 1 aliphatic heterocycles. The number of carbonyl (C=O) groups is 2. The van der Waals surface area contributed by atoms with E-state index < -0.39 is 0 Å². The van der Waals surface area contributed by atoms with Crippen LogP contribution in [0.2, 0.25) is 0 Å². The molecule has 1 unspecified atom stereocenters. The Balaban J connectivity index is 1.22. The largest absolute Gasteiger partial charge is 0.465 e. The quantitative estimate of drug-likeness (QED) is 0.502. The van der Waals surface area contributed by atoms with Gasteiger partial charge in [-0.05, 0) is 98.2 Å². The molecule has 0 aromatic heterocycles. The predicted molar refractivity (Wildman–Crippen MR) is 126 cm³/mol. The number of esters is 1. The van der Waals surface area contributed by atoms with Crippen LogP contribution in [0.3, 0.4) is 0 Å². The number of rotatable bonds is 4. The molecule has 4 saturated carbocycles. The molecule has 180 valence electrons. The molecule has 5 fully saturated rings. The number of fused-ring (bicyclic) bond motifs is 5. The van der Waals surface area contributed by atoms with Crippen LogP contribution in [-0.4, -0.2) is 36.5 Å². The third-order valence-electron chi connectivity index (χ3n) is 11.4. The van der Waals surface area contributed by atoms with Crippen molar-refractivity contribution in [1.29, 1.82) is 0 Å². The van der Waals surface area contributed by atoms with Crippen LogP contribution < -0.4 is 0 Å². The fourth-order valence-electron chi connectivity index (χ4n) is 9.41. The number of amides is 1. The molecule has 0 N–H and O–H groups in total. The van der Waals surface area contributed by atoms with Gasteiger partial charge in [0, 0.05) is 25.9 Å². The highest BCUT2D eigenvalue weighted by Gasteiger charge is 2.61. The molecule has 0 aromatic carbocycles. The highest BCUT2D eigenvalue weighted by molar-refractivity contribution is 5.77. The average Bonchev–Trinajstić information content (AvgIpc) is 3.12. The summed E-state index contributed by atoms with van der Waals surface area (Å²) in [6.07, 6.45) is 16.3. The maximum absolute atomic E-state index is 12.6. The second-order valence-corrected chi connectivity index (χ2v) is 12.7. The Morgan fingerprint density at radius 2 is 1.69 bits per heavy atom. The summed E-state index contributed by atoms with van der Waals surface area (Å²) in [5, 5.41) is 0. The van der Waals surface area contributed by atoms with E-state index in [1.807, 2.05) is 7.05 Å². The van der Waals surface area contributed by atoms with Crippen molar-refractivity contribution in [1.82, 2.24) is 4.90 Å². The van der Waals surface area contributed by atoms with Gasteiger partial charge in [-0.2, -0.15) is 0 Å². The van der Waals surface area contributed by atoms with Crippen molar-refractivity contribution in [2.45, 2.75) is 110 Å². The molecule has 1 amide bonds. The van der Waals surface area contributed by atoms with Gasteiger partial charge in [-0.25, -0.2) is 0 Å². The van der Waals surface area contributed by atoms with Crippen molar-refractivity contribution >= 4 is 11.9 Å². The lowest BCUT2D eigenvalue weighted by atomic mass is 9.47. The zero-order chi connectivity index (χ0) is 22.5. The van der Waals surface area contributed by atoms with Crippen molar-refractivity contribution < 1.29 is 14.3 Å². The van der Waals surface area contributed by atoms with Crippen LogP contribution in [0.15, 0.2) is 0 Å². The molecule has 7 atom stereocenters. The van der Waals surface area contributed by atoms with Crippen LogP contribution in [0.5, 0.6) is 0 Å². The molecule has 5 aliphatic rings. The molecule has 0 spiro atoms. The van der Waals surface area contributed by atoms with Gasteiger partial charge in [0.1, 0.15) is 0 Å². The van der Waals surface area contributed by atoms with Gasteiger partial charge in [0.25, 0.3) is 0 Å². The van der Waals surface area contributed by atoms with Gasteiger partial charge in [-0.15, -0.1) is 0 Å². The Morgan fingerprint density at radius 1 is 0.938 bits per heavy atom. The number of ether oxygens (including phenoxy) is 1. The molecule has 4 nitrogen and oxygen atoms in total. The third kappa shape index (κ3) is 3.72. The summed E-state index contributed by atoms with van der Waals surface area (Å²) in [5.74, 6) is 3.81. The lowest BCUT2D eigenvalue weighted by Gasteiger charge is -2.61. The second-order valence-electron chi connectivity index (χ2n) is 12.7. The van der Waals surface area contributed by atoms with Crippen molar-refractivity contribution in [2.75, 3.05) is 13.7 Å². The highest BCUT2D eigenvalue weighted by Crippen LogP contribution is 2.66. The Kier molecular flexibility index (Phi) is 6.12. The van der Waals surface area contributed by atoms with Gasteiger partial charge < -0.3 is 9.64 Å². The Morgan fingerprint density at radius 3 is 2.47 bits per heavy atom. The average molecular weight is 444 g/mol. The van der Waals surface area contributed by atoms with Crippen LogP contribution in [0.25, 0.3) is 0 Å². The van der Waals surface area contributed by atoms with Crippen molar-refractivity contribution in [3.63, 3.8) is 0 Å². The van der Waals surface area contributed by atoms with E-state index in [2.05, 4.69) is 18.7 Å². The molecule has 0 bridgehead atoms. The zero-order valence-electron chi connectivity index (χ0n) is 20.7. The van der Waals surface area contributed by atoms with Crippen molar-refractivity contribution in [3.8, 4) is 0 Å². The second kappa shape index (κ2) is 8.62. The first-order valence-electron chi connectivity index (χ1n) is 13.7. The molecule has 4 aliphatic carbocycles. The minimum absolute atomic E-state index is 0.0561. The van der Waals surface area contributed by atoms with Gasteiger partial charge in [-0.1, -0.05) is 33.1 Å². The Bertz CT molecular complexity index is 730. The number of piperidine rings is 1. The third-order valence-corrected chi connectivity index (χ3v) is 11.4. The molecule has 1 heterocycles. The fourth-order valence-corrected chi connectivity index (χ4v) is 9.41. The van der Waals surface area contributed by atoms with E-state index >= 15 is 0 Å². The number of nitrogens with zero attached hydrogens (tertiary/aromatic N) is 1. The van der Waals surface area contributed by atoms with E-state index in [1.165, 1.54) is 70.6 Å². The van der Waals surface area contributed by atoms with Gasteiger partial charge in [0.2, 0.25) is 5.91 Å². The summed E-state index contributed by atoms with van der Waals surface area (Å²) in [6.45, 7) is 5.66. The molecule has 1 saturated heterocycles. The molecular formula is C28H45NO3. The SMILES string of the molecule is CN1C(=O)CC[C@]2(C)[C@H]3CC[C@]4(C)C(COC(=O)CC5CCCCC5)CC[C@H]4[C@@H]3CC[C@@H]12. The van der Waals surface area contributed by atoms with Crippen LogP contribution in [0, 0.1) is 40.4 Å². The predicted octanol–water partition coefficient (Wildman–Crippen LogP) is 5.98. The maximum atomic E-state index is 12.6. The van der Waals surface area contributed by atoms with E-state index in [9.17, 15) is 9.59 Å². The minimum atomic E-state index is 0.0561. The summed E-state index contributed by atoms with van der Waals surface area (Å²) in [4.78, 5) is 27.0. The van der Waals surface area contributed by atoms with Gasteiger partial charge >= 0.3 is 5.97 Å². The van der Waals surface area contributed by atoms with Crippen LogP contribution in [-0.2, 0) is 14.3 Å². The normalized spacial score (nSPS) is 44.5. The topological polar surface area (TPSA) is 46.6 Å². The van der Waals surface area contributed by atoms with E-state index in [4.69, 9.17) is 4.74 Å². The van der Waals surface area contributed by atoms with Gasteiger partial charge in [0.05, 0.1) is 6.61 Å². The van der Waals surface area contributed by atoms with E-state index in [0.717, 1.165) is 30.6 Å². The summed E-state index contributed by atoms with van der Waals surface area (Å²) in [5.41, 5.74) is 0.614. The first-order valence-corrected chi connectivity index (χ1v) is 13.7. The maximum Gasteiger partial charge on any atom is 0.306 e. The number of hydrogen-bond acceptors (Lipinski definition) is 3. The number of likely N-dealkylation sites (tertiary alicyclic amines) is 1. The monoisotopic (exact) mass is 443 g/mol. The standard InChI is InChI=1S/C28H45NO3/c1-27-15-13-23-21(10-12-24-28(23,2)16-14-25(30)29(24)3)22(27)11-9-20(27)18-32-26(31)17-19-7-5-4-6-8-19/h19-24H,4-18H2,1-3H3/t20?,21-,22-,23-,24+,27+,28+/m0/s1. The van der Waals surface area contributed by atoms with Gasteiger partial charge in [-0.3, -0.25) is 9.59 Å². The summed E-state index contributed by atoms with van der Waals surface area (Å²) in [6, 6.07) is 0.437. The van der Waals surface area contributed by atoms with Crippen molar-refractivity contribution in [3.05, 3.63) is 0 Å². The smallest absolute Gasteiger partial charge is 0.306 e. The highest BCUT2D eigenvalue weighted by atomic mass is 16.5. The first kappa shape index (κ1) is 22.7. The van der Waals surface area contributed by atoms with Crippen LogP contribution >= 0.6 is 0 Å². The minimum Gasteiger partial charge on any atom is -0.465 e. The summed E-state index contributed by atoms with van der Waals surface area (Å²) < 4.78 is 5.93. The summed E-state index contributed by atoms with van der Waals surface area (Å²) in [7, 11) is 2.05. The van der Waals surface area contributed by atoms with E-state index in [0.29, 0.717) is 42.2 Å². The van der Waals surface area contributed by atoms with E-state index in [1.54, 1.807) is 0 Å². The molecule has 5 rings (SSSR count). The number of hydrogen-bond donors (Lipinski definition) is 0. The molecule has 4 heteroatoms. The summed E-state index contributed by atoms with van der Waals surface area (Å²) >= 11 is 0. The first-order chi connectivity index (χ1) is 15.3. The van der Waals surface area contributed by atoms with E-state index in [-0.39, 0.29) is 11.4 Å². The Labute approximate surface area is 195 Å². The molecule has 32 heavy (non-hydrogen) atoms. The Hall–Kier alpha value is -1.06. The van der Waals surface area contributed by atoms with Crippen molar-refractivity contribution in [2.24, 2.45) is 40.4 Å². The van der Waals surface area contributed by atoms with Gasteiger partial charge in [0.15, 0.2) is 0 Å². The molecule has 0 radical (unpaired) electrons. The lowest BCUT2D eigenvalue weighted by Crippen LogP contribution is -2.61. The zero-order valence-corrected chi connectivity index (χ0v) is 20.7. The lowest BCUT2D eigenvalue weighted by molar-refractivity contribution is -0.161. The van der Waals surface area contributed by atoms with Crippen LogP contribution in [0.4, 0.5) is 0 Å².